The molecule has 0 saturated carbocycles. The molecule has 2 aromatic rings. The van der Waals surface area contributed by atoms with Gasteiger partial charge in [0.2, 0.25) is 5.82 Å². The maximum absolute atomic E-state index is 13.5. The van der Waals surface area contributed by atoms with Gasteiger partial charge in [0.15, 0.2) is 23.3 Å². The van der Waals surface area contributed by atoms with Crippen LogP contribution in [-0.4, -0.2) is 18.4 Å². The van der Waals surface area contributed by atoms with E-state index in [9.17, 15) is 31.5 Å². The second kappa shape index (κ2) is 8.59. The van der Waals surface area contributed by atoms with Crippen LogP contribution in [-0.2, 0) is 21.6 Å². The minimum Gasteiger partial charge on any atom is -0.459 e. The molecule has 0 spiro atoms. The number of carbonyl (C=O) groups is 2. The SMILES string of the molecule is CC(C)(C)c1ccc(C(=O)NCC(=O)OCc2c(F)c(F)c(F)c(F)c2F)cc1. The van der Waals surface area contributed by atoms with Crippen LogP contribution in [0.5, 0.6) is 0 Å². The summed E-state index contributed by atoms with van der Waals surface area (Å²) in [5.74, 6) is -12.5. The van der Waals surface area contributed by atoms with Gasteiger partial charge in [-0.3, -0.25) is 9.59 Å². The van der Waals surface area contributed by atoms with E-state index in [-0.39, 0.29) is 11.0 Å². The highest BCUT2D eigenvalue weighted by Crippen LogP contribution is 2.24. The number of amides is 1. The molecule has 156 valence electrons. The van der Waals surface area contributed by atoms with Gasteiger partial charge in [0.25, 0.3) is 5.91 Å². The van der Waals surface area contributed by atoms with Gasteiger partial charge in [-0.1, -0.05) is 32.9 Å². The first kappa shape index (κ1) is 22.3. The molecule has 0 atom stereocenters. The van der Waals surface area contributed by atoms with E-state index in [2.05, 4.69) is 10.1 Å². The van der Waals surface area contributed by atoms with Gasteiger partial charge in [-0.2, -0.15) is 0 Å². The summed E-state index contributed by atoms with van der Waals surface area (Å²) in [4.78, 5) is 23.7. The summed E-state index contributed by atoms with van der Waals surface area (Å²) >= 11 is 0. The highest BCUT2D eigenvalue weighted by Gasteiger charge is 2.26. The summed E-state index contributed by atoms with van der Waals surface area (Å²) in [6, 6.07) is 6.65. The first-order valence-electron chi connectivity index (χ1n) is 8.48. The zero-order chi connectivity index (χ0) is 21.9. The van der Waals surface area contributed by atoms with Crippen molar-refractivity contribution in [3.05, 3.63) is 70.0 Å². The molecule has 0 aliphatic rings. The number of ether oxygens (including phenoxy) is 1. The maximum Gasteiger partial charge on any atom is 0.325 e. The summed E-state index contributed by atoms with van der Waals surface area (Å²) in [6.45, 7) is 4.17. The van der Waals surface area contributed by atoms with Crippen molar-refractivity contribution < 1.29 is 36.3 Å². The largest absolute Gasteiger partial charge is 0.459 e. The number of carbonyl (C=O) groups excluding carboxylic acids is 2. The van der Waals surface area contributed by atoms with Crippen molar-refractivity contribution in [1.29, 1.82) is 0 Å². The van der Waals surface area contributed by atoms with E-state index in [1.165, 1.54) is 0 Å². The summed E-state index contributed by atoms with van der Waals surface area (Å²) in [6.07, 6.45) is 0. The van der Waals surface area contributed by atoms with E-state index in [4.69, 9.17) is 0 Å². The third-order valence-corrected chi connectivity index (χ3v) is 4.08. The normalized spacial score (nSPS) is 11.3. The van der Waals surface area contributed by atoms with Gasteiger partial charge < -0.3 is 10.1 Å². The Balaban J connectivity index is 1.95. The van der Waals surface area contributed by atoms with Crippen LogP contribution in [0.1, 0.15) is 42.3 Å². The zero-order valence-corrected chi connectivity index (χ0v) is 15.8. The molecule has 2 rings (SSSR count). The van der Waals surface area contributed by atoms with Crippen molar-refractivity contribution in [3.63, 3.8) is 0 Å². The van der Waals surface area contributed by atoms with Crippen molar-refractivity contribution in [2.75, 3.05) is 6.54 Å². The Bertz CT molecular complexity index is 908. The van der Waals surface area contributed by atoms with Gasteiger partial charge in [0.05, 0.1) is 5.56 Å². The molecule has 29 heavy (non-hydrogen) atoms. The predicted molar refractivity (Wildman–Crippen MR) is 93.5 cm³/mol. The molecule has 0 heterocycles. The quantitative estimate of drug-likeness (QED) is 0.346. The summed E-state index contributed by atoms with van der Waals surface area (Å²) in [5.41, 5.74) is -0.122. The van der Waals surface area contributed by atoms with Crippen molar-refractivity contribution in [3.8, 4) is 0 Å². The summed E-state index contributed by atoms with van der Waals surface area (Å²) < 4.78 is 70.7. The number of benzene rings is 2. The van der Waals surface area contributed by atoms with Crippen molar-refractivity contribution in [2.45, 2.75) is 32.8 Å². The Morgan fingerprint density at radius 3 is 1.83 bits per heavy atom. The number of hydrogen-bond acceptors (Lipinski definition) is 3. The first-order chi connectivity index (χ1) is 13.4. The number of nitrogens with one attached hydrogen (secondary N) is 1. The average molecular weight is 415 g/mol. The van der Waals surface area contributed by atoms with Gasteiger partial charge in [-0.25, -0.2) is 22.0 Å². The second-order valence-corrected chi connectivity index (χ2v) is 7.22. The maximum atomic E-state index is 13.5. The fourth-order valence-electron chi connectivity index (χ4n) is 2.36. The molecule has 9 heteroatoms. The fourth-order valence-corrected chi connectivity index (χ4v) is 2.36. The van der Waals surface area contributed by atoms with Crippen LogP contribution in [0.25, 0.3) is 0 Å². The van der Waals surface area contributed by atoms with Crippen molar-refractivity contribution in [2.24, 2.45) is 0 Å². The van der Waals surface area contributed by atoms with E-state index in [0.717, 1.165) is 5.56 Å². The molecule has 4 nitrogen and oxygen atoms in total. The van der Waals surface area contributed by atoms with Crippen molar-refractivity contribution >= 4 is 11.9 Å². The number of rotatable bonds is 5. The minimum absolute atomic E-state index is 0.108. The Kier molecular flexibility index (Phi) is 6.61. The smallest absolute Gasteiger partial charge is 0.325 e. The van der Waals surface area contributed by atoms with Gasteiger partial charge in [0, 0.05) is 5.56 Å². The van der Waals surface area contributed by atoms with Crippen LogP contribution in [0, 0.1) is 29.1 Å². The van der Waals surface area contributed by atoms with Crippen LogP contribution in [0.15, 0.2) is 24.3 Å². The molecule has 0 saturated heterocycles. The summed E-state index contributed by atoms with van der Waals surface area (Å²) in [7, 11) is 0. The molecule has 2 aromatic carbocycles. The van der Waals surface area contributed by atoms with Crippen LogP contribution < -0.4 is 5.32 Å². The monoisotopic (exact) mass is 415 g/mol. The summed E-state index contributed by atoms with van der Waals surface area (Å²) in [5, 5.41) is 2.25. The molecule has 0 fully saturated rings. The van der Waals surface area contributed by atoms with E-state index in [0.29, 0.717) is 0 Å². The fraction of sp³-hybridized carbons (Fsp3) is 0.300. The van der Waals surface area contributed by atoms with Gasteiger partial charge in [-0.15, -0.1) is 0 Å². The number of esters is 1. The molecule has 1 N–H and O–H groups in total. The lowest BCUT2D eigenvalue weighted by atomic mass is 9.87. The number of halogens is 5. The third-order valence-electron chi connectivity index (χ3n) is 4.08. The lowest BCUT2D eigenvalue weighted by Crippen LogP contribution is -2.30. The lowest BCUT2D eigenvalue weighted by Gasteiger charge is -2.19. The van der Waals surface area contributed by atoms with Crippen LogP contribution >= 0.6 is 0 Å². The average Bonchev–Trinajstić information content (AvgIpc) is 2.68. The Labute approximate surface area is 163 Å². The molecule has 0 aliphatic heterocycles. The predicted octanol–water partition coefficient (Wildman–Crippen LogP) is 4.15. The molecular formula is C20H18F5NO3. The molecule has 0 aromatic heterocycles. The minimum atomic E-state index is -2.31. The zero-order valence-electron chi connectivity index (χ0n) is 15.8. The van der Waals surface area contributed by atoms with Gasteiger partial charge >= 0.3 is 5.97 Å². The van der Waals surface area contributed by atoms with Crippen LogP contribution in [0.2, 0.25) is 0 Å². The first-order valence-corrected chi connectivity index (χ1v) is 8.48. The second-order valence-electron chi connectivity index (χ2n) is 7.22. The van der Waals surface area contributed by atoms with Crippen LogP contribution in [0.4, 0.5) is 22.0 Å². The third kappa shape index (κ3) is 5.10. The van der Waals surface area contributed by atoms with Gasteiger partial charge in [-0.05, 0) is 23.1 Å². The molecule has 1 amide bonds. The molecule has 0 radical (unpaired) electrons. The Hall–Kier alpha value is -2.97. The molecular weight excluding hydrogens is 397 g/mol. The Morgan fingerprint density at radius 2 is 1.34 bits per heavy atom. The molecule has 0 bridgehead atoms. The standard InChI is InChI=1S/C20H18F5NO3/c1-20(2,3)11-6-4-10(5-7-11)19(28)26-8-13(27)29-9-12-14(21)16(23)18(25)17(24)15(12)22/h4-7H,8-9H2,1-3H3,(H,26,28). The van der Waals surface area contributed by atoms with E-state index in [1.54, 1.807) is 24.3 Å². The van der Waals surface area contributed by atoms with Gasteiger partial charge in [0.1, 0.15) is 13.2 Å². The van der Waals surface area contributed by atoms with E-state index >= 15 is 0 Å². The van der Waals surface area contributed by atoms with Crippen LogP contribution in [0.3, 0.4) is 0 Å². The van der Waals surface area contributed by atoms with Crippen molar-refractivity contribution in [1.82, 2.24) is 5.32 Å². The van der Waals surface area contributed by atoms with E-state index < -0.39 is 59.7 Å². The topological polar surface area (TPSA) is 55.4 Å². The highest BCUT2D eigenvalue weighted by molar-refractivity contribution is 5.95. The number of hydrogen-bond donors (Lipinski definition) is 1. The Morgan fingerprint density at radius 1 is 0.862 bits per heavy atom. The lowest BCUT2D eigenvalue weighted by molar-refractivity contribution is -0.143. The molecule has 0 unspecified atom stereocenters. The van der Waals surface area contributed by atoms with E-state index in [1.807, 2.05) is 20.8 Å². The highest BCUT2D eigenvalue weighted by atomic mass is 19.2. The molecule has 0 aliphatic carbocycles.